The number of hydrogen-bond acceptors (Lipinski definition) is 6. The summed E-state index contributed by atoms with van der Waals surface area (Å²) in [7, 11) is 1.45. The monoisotopic (exact) mass is 478 g/mol. The molecular weight excluding hydrogens is 463 g/mol. The molecule has 0 spiro atoms. The number of methoxy groups -OCH3 is 1. The van der Waals surface area contributed by atoms with Crippen molar-refractivity contribution >= 4 is 57.3 Å². The van der Waals surface area contributed by atoms with E-state index in [9.17, 15) is 14.9 Å². The summed E-state index contributed by atoms with van der Waals surface area (Å²) in [5.74, 6) is -0.0650. The Kier molecular flexibility index (Phi) is 6.87. The molecule has 24 heavy (non-hydrogen) atoms. The maximum absolute atomic E-state index is 12.4. The quantitative estimate of drug-likeness (QED) is 0.282. The molecule has 128 valence electrons. The van der Waals surface area contributed by atoms with Gasteiger partial charge in [0.15, 0.2) is 0 Å². The number of nitro benzene ring substituents is 1. The molecular formula is C15H15IN2O4S2. The van der Waals surface area contributed by atoms with Gasteiger partial charge in [0.05, 0.1) is 25.9 Å². The van der Waals surface area contributed by atoms with Crippen LogP contribution in [0.15, 0.2) is 29.2 Å². The average Bonchev–Trinajstić information content (AvgIpc) is 2.98. The summed E-state index contributed by atoms with van der Waals surface area (Å²) in [4.78, 5) is 24.9. The van der Waals surface area contributed by atoms with Gasteiger partial charge >= 0.3 is 0 Å². The predicted molar refractivity (Wildman–Crippen MR) is 105 cm³/mol. The van der Waals surface area contributed by atoms with Crippen LogP contribution in [0.5, 0.6) is 5.75 Å². The minimum Gasteiger partial charge on any atom is -0.495 e. The molecule has 2 aromatic rings. The Hall–Kier alpha value is -1.33. The molecule has 0 saturated heterocycles. The SMILES string of the molecule is COc1cc([N+](=O)[O-])c(C(=O)NCCc2ccc(I)s2)cc1SC. The number of carbonyl (C=O) groups is 1. The lowest BCUT2D eigenvalue weighted by atomic mass is 10.1. The van der Waals surface area contributed by atoms with Gasteiger partial charge in [-0.1, -0.05) is 0 Å². The summed E-state index contributed by atoms with van der Waals surface area (Å²) in [6.07, 6.45) is 2.52. The summed E-state index contributed by atoms with van der Waals surface area (Å²) in [6, 6.07) is 6.83. The lowest BCUT2D eigenvalue weighted by Gasteiger charge is -2.10. The topological polar surface area (TPSA) is 81.5 Å². The number of nitrogens with zero attached hydrogens (tertiary/aromatic N) is 1. The fourth-order valence-electron chi connectivity index (χ4n) is 2.08. The normalized spacial score (nSPS) is 10.5. The van der Waals surface area contributed by atoms with E-state index >= 15 is 0 Å². The van der Waals surface area contributed by atoms with Crippen molar-refractivity contribution in [2.24, 2.45) is 0 Å². The molecule has 2 rings (SSSR count). The molecule has 1 amide bonds. The largest absolute Gasteiger partial charge is 0.495 e. The summed E-state index contributed by atoms with van der Waals surface area (Å²) < 4.78 is 6.33. The van der Waals surface area contributed by atoms with Crippen molar-refractivity contribution in [1.29, 1.82) is 0 Å². The Morgan fingerprint density at radius 3 is 2.75 bits per heavy atom. The molecule has 0 saturated carbocycles. The van der Waals surface area contributed by atoms with Crippen molar-refractivity contribution in [3.05, 3.63) is 47.7 Å². The molecule has 0 radical (unpaired) electrons. The molecule has 0 fully saturated rings. The molecule has 9 heteroatoms. The van der Waals surface area contributed by atoms with Crippen LogP contribution in [0.2, 0.25) is 0 Å². The van der Waals surface area contributed by atoms with E-state index in [1.165, 1.54) is 33.9 Å². The van der Waals surface area contributed by atoms with Crippen molar-refractivity contribution in [3.8, 4) is 5.75 Å². The average molecular weight is 478 g/mol. The number of nitrogens with one attached hydrogen (secondary N) is 1. The third-order valence-electron chi connectivity index (χ3n) is 3.23. The second kappa shape index (κ2) is 8.67. The molecule has 0 atom stereocenters. The van der Waals surface area contributed by atoms with Crippen LogP contribution in [-0.4, -0.2) is 30.7 Å². The zero-order valence-corrected chi connectivity index (χ0v) is 16.8. The molecule has 1 heterocycles. The highest BCUT2D eigenvalue weighted by Gasteiger charge is 2.23. The molecule has 0 unspecified atom stereocenters. The van der Waals surface area contributed by atoms with E-state index in [0.29, 0.717) is 23.6 Å². The first-order chi connectivity index (χ1) is 11.5. The molecule has 1 N–H and O–H groups in total. The van der Waals surface area contributed by atoms with Crippen molar-refractivity contribution < 1.29 is 14.5 Å². The molecule has 0 aliphatic carbocycles. The first kappa shape index (κ1) is 19.0. The number of halogens is 1. The van der Waals surface area contributed by atoms with Crippen molar-refractivity contribution in [2.75, 3.05) is 19.9 Å². The van der Waals surface area contributed by atoms with Crippen LogP contribution in [0.3, 0.4) is 0 Å². The minimum absolute atomic E-state index is 0.0471. The molecule has 0 bridgehead atoms. The van der Waals surface area contributed by atoms with Crippen molar-refractivity contribution in [1.82, 2.24) is 5.32 Å². The fourth-order valence-corrected chi connectivity index (χ4v) is 4.42. The lowest BCUT2D eigenvalue weighted by Crippen LogP contribution is -2.26. The van der Waals surface area contributed by atoms with Crippen LogP contribution in [0, 0.1) is 13.0 Å². The number of thioether (sulfide) groups is 1. The van der Waals surface area contributed by atoms with Gasteiger partial charge in [0.1, 0.15) is 11.3 Å². The Labute approximate surface area is 161 Å². The van der Waals surface area contributed by atoms with Gasteiger partial charge in [0, 0.05) is 11.4 Å². The van der Waals surface area contributed by atoms with E-state index in [4.69, 9.17) is 4.74 Å². The number of rotatable bonds is 7. The highest BCUT2D eigenvalue weighted by Crippen LogP contribution is 2.34. The van der Waals surface area contributed by atoms with E-state index < -0.39 is 10.8 Å². The fraction of sp³-hybridized carbons (Fsp3) is 0.267. The van der Waals surface area contributed by atoms with Gasteiger partial charge in [-0.05, 0) is 53.5 Å². The highest BCUT2D eigenvalue weighted by molar-refractivity contribution is 14.1. The lowest BCUT2D eigenvalue weighted by molar-refractivity contribution is -0.385. The van der Waals surface area contributed by atoms with Crippen LogP contribution >= 0.6 is 45.7 Å². The smallest absolute Gasteiger partial charge is 0.285 e. The maximum Gasteiger partial charge on any atom is 0.285 e. The maximum atomic E-state index is 12.4. The number of amides is 1. The number of benzene rings is 1. The van der Waals surface area contributed by atoms with E-state index in [-0.39, 0.29) is 11.3 Å². The van der Waals surface area contributed by atoms with E-state index in [2.05, 4.69) is 27.9 Å². The van der Waals surface area contributed by atoms with Crippen LogP contribution < -0.4 is 10.1 Å². The summed E-state index contributed by atoms with van der Waals surface area (Å²) in [6.45, 7) is 0.424. The summed E-state index contributed by atoms with van der Waals surface area (Å²) >= 11 is 5.27. The predicted octanol–water partition coefficient (Wildman–Crippen LogP) is 3.96. The minimum atomic E-state index is -0.566. The Balaban J connectivity index is 2.16. The zero-order chi connectivity index (χ0) is 17.7. The second-order valence-corrected chi connectivity index (χ2v) is 8.60. The molecule has 0 aliphatic rings. The van der Waals surface area contributed by atoms with Gasteiger partial charge in [-0.25, -0.2) is 0 Å². The first-order valence-electron chi connectivity index (χ1n) is 6.89. The Morgan fingerprint density at radius 1 is 1.46 bits per heavy atom. The Morgan fingerprint density at radius 2 is 2.21 bits per heavy atom. The standard InChI is InChI=1S/C15H15IN2O4S2/c1-22-12-8-11(18(20)21)10(7-13(12)23-2)15(19)17-6-5-9-3-4-14(16)24-9/h3-4,7-8H,5-6H2,1-2H3,(H,17,19). The van der Waals surface area contributed by atoms with Gasteiger partial charge in [0.25, 0.3) is 11.6 Å². The van der Waals surface area contributed by atoms with Crippen LogP contribution in [0.25, 0.3) is 0 Å². The number of nitro groups is 1. The van der Waals surface area contributed by atoms with Gasteiger partial charge in [-0.15, -0.1) is 23.1 Å². The molecule has 1 aromatic heterocycles. The van der Waals surface area contributed by atoms with Crippen molar-refractivity contribution in [3.63, 3.8) is 0 Å². The van der Waals surface area contributed by atoms with Crippen LogP contribution in [0.1, 0.15) is 15.2 Å². The van der Waals surface area contributed by atoms with Crippen LogP contribution in [-0.2, 0) is 6.42 Å². The highest BCUT2D eigenvalue weighted by atomic mass is 127. The first-order valence-corrected chi connectivity index (χ1v) is 10.0. The third kappa shape index (κ3) is 4.61. The van der Waals surface area contributed by atoms with E-state index in [1.807, 2.05) is 18.4 Å². The molecule has 6 nitrogen and oxygen atoms in total. The van der Waals surface area contributed by atoms with Gasteiger partial charge in [-0.3, -0.25) is 14.9 Å². The number of hydrogen-bond donors (Lipinski definition) is 1. The third-order valence-corrected chi connectivity index (χ3v) is 5.94. The van der Waals surface area contributed by atoms with Gasteiger partial charge < -0.3 is 10.1 Å². The molecule has 0 aliphatic heterocycles. The molecule has 1 aromatic carbocycles. The van der Waals surface area contributed by atoms with Gasteiger partial charge in [0.2, 0.25) is 0 Å². The number of ether oxygens (including phenoxy) is 1. The summed E-state index contributed by atoms with van der Waals surface area (Å²) in [5.41, 5.74) is -0.210. The number of thiophene rings is 1. The zero-order valence-electron chi connectivity index (χ0n) is 13.0. The van der Waals surface area contributed by atoms with Crippen molar-refractivity contribution in [2.45, 2.75) is 11.3 Å². The van der Waals surface area contributed by atoms with E-state index in [0.717, 1.165) is 4.88 Å². The second-order valence-electron chi connectivity index (χ2n) is 4.69. The van der Waals surface area contributed by atoms with Crippen LogP contribution in [0.4, 0.5) is 5.69 Å². The Bertz CT molecular complexity index is 764. The number of carbonyl (C=O) groups excluding carboxylic acids is 1. The summed E-state index contributed by atoms with van der Waals surface area (Å²) in [5, 5.41) is 14.0. The van der Waals surface area contributed by atoms with Gasteiger partial charge in [-0.2, -0.15) is 0 Å². The van der Waals surface area contributed by atoms with E-state index in [1.54, 1.807) is 11.3 Å².